The van der Waals surface area contributed by atoms with Crippen molar-refractivity contribution < 1.29 is 9.47 Å². The molecule has 0 saturated carbocycles. The third kappa shape index (κ3) is 2.88. The molecular weight excluding hydrogens is 135 g/mol. The summed E-state index contributed by atoms with van der Waals surface area (Å²) in [6, 6.07) is 8.26. The van der Waals surface area contributed by atoms with Crippen LogP contribution in [-0.4, -0.2) is 33.1 Å². The van der Waals surface area contributed by atoms with E-state index >= 15 is 0 Å². The summed E-state index contributed by atoms with van der Waals surface area (Å²) in [5.74, 6) is 1.52. The monoisotopic (exact) mass is 145 g/mol. The van der Waals surface area contributed by atoms with Gasteiger partial charge < -0.3 is 9.47 Å². The molecule has 1 rings (SSSR count). The fourth-order valence-corrected chi connectivity index (χ4v) is 0.650. The molecule has 1 radical (unpaired) electrons. The molecule has 0 amide bonds. The van der Waals surface area contributed by atoms with Crippen molar-refractivity contribution in [1.82, 2.24) is 0 Å². The van der Waals surface area contributed by atoms with Crippen LogP contribution in [0.25, 0.3) is 0 Å². The van der Waals surface area contributed by atoms with Gasteiger partial charge in [-0.2, -0.15) is 0 Å². The Morgan fingerprint density at radius 1 is 1.18 bits per heavy atom. The summed E-state index contributed by atoms with van der Waals surface area (Å²) in [7, 11) is 3.23. The molecule has 2 nitrogen and oxygen atoms in total. The molecule has 0 aromatic heterocycles. The third-order valence-corrected chi connectivity index (χ3v) is 1.21. The van der Waals surface area contributed by atoms with E-state index in [2.05, 4.69) is 6.07 Å². The maximum absolute atomic E-state index is 4.93. The molecule has 55 valence electrons. The molecule has 0 N–H and O–H groups in total. The average Bonchev–Trinajstić information content (AvgIpc) is 2.05. The number of benzene rings is 1. The normalized spacial score (nSPS) is 8.18. The number of rotatable bonds is 2. The van der Waals surface area contributed by atoms with Gasteiger partial charge in [0.05, 0.1) is 14.2 Å². The topological polar surface area (TPSA) is 18.5 Å². The first-order valence-corrected chi connectivity index (χ1v) is 2.96. The van der Waals surface area contributed by atoms with Crippen molar-refractivity contribution in [3.05, 3.63) is 24.3 Å². The van der Waals surface area contributed by atoms with Crippen molar-refractivity contribution in [1.29, 1.82) is 0 Å². The second-order valence-electron chi connectivity index (χ2n) is 1.80. The van der Waals surface area contributed by atoms with Gasteiger partial charge in [0, 0.05) is 6.07 Å². The molecular formula is C8H10LiO2. The molecule has 1 aromatic rings. The van der Waals surface area contributed by atoms with Crippen molar-refractivity contribution in [3.63, 3.8) is 0 Å². The van der Waals surface area contributed by atoms with E-state index in [4.69, 9.17) is 9.47 Å². The maximum atomic E-state index is 4.93. The summed E-state index contributed by atoms with van der Waals surface area (Å²) in [6.07, 6.45) is 0. The fraction of sp³-hybridized carbons (Fsp3) is 0.250. The van der Waals surface area contributed by atoms with Gasteiger partial charge in [-0.1, -0.05) is 0 Å². The zero-order valence-corrected chi connectivity index (χ0v) is 6.05. The van der Waals surface area contributed by atoms with Crippen LogP contribution in [0.4, 0.5) is 0 Å². The van der Waals surface area contributed by atoms with Crippen LogP contribution in [-0.2, 0) is 0 Å². The molecule has 11 heavy (non-hydrogen) atoms. The summed E-state index contributed by atoms with van der Waals surface area (Å²) >= 11 is 0. The van der Waals surface area contributed by atoms with Crippen molar-refractivity contribution in [2.75, 3.05) is 14.2 Å². The molecule has 1 aromatic carbocycles. The van der Waals surface area contributed by atoms with Gasteiger partial charge >= 0.3 is 18.9 Å². The zero-order valence-electron chi connectivity index (χ0n) is 6.05. The third-order valence-electron chi connectivity index (χ3n) is 1.21. The Morgan fingerprint density at radius 2 is 1.91 bits per heavy atom. The van der Waals surface area contributed by atoms with Crippen LogP contribution in [0.3, 0.4) is 0 Å². The molecule has 0 bridgehead atoms. The summed E-state index contributed by atoms with van der Waals surface area (Å²) in [6.45, 7) is 0. The second-order valence-corrected chi connectivity index (χ2v) is 1.80. The molecule has 0 fully saturated rings. The van der Waals surface area contributed by atoms with Crippen LogP contribution in [0.2, 0.25) is 0 Å². The van der Waals surface area contributed by atoms with E-state index in [1.165, 1.54) is 0 Å². The molecule has 0 aliphatic heterocycles. The first kappa shape index (κ1) is 10.4. The van der Waals surface area contributed by atoms with Crippen molar-refractivity contribution in [2.45, 2.75) is 0 Å². The molecule has 0 saturated heterocycles. The first-order chi connectivity index (χ1) is 4.86. The summed E-state index contributed by atoms with van der Waals surface area (Å²) in [5.41, 5.74) is 0. The summed E-state index contributed by atoms with van der Waals surface area (Å²) in [5, 5.41) is 0. The second kappa shape index (κ2) is 5.12. The Balaban J connectivity index is 0.000001000. The van der Waals surface area contributed by atoms with Gasteiger partial charge in [0.15, 0.2) is 0 Å². The van der Waals surface area contributed by atoms with Gasteiger partial charge in [0.2, 0.25) is 0 Å². The van der Waals surface area contributed by atoms with Gasteiger partial charge in [0.25, 0.3) is 0 Å². The van der Waals surface area contributed by atoms with E-state index in [0.717, 1.165) is 11.5 Å². The Bertz CT molecular complexity index is 173. The average molecular weight is 145 g/mol. The van der Waals surface area contributed by atoms with Crippen LogP contribution >= 0.6 is 0 Å². The number of methoxy groups -OCH3 is 2. The predicted molar refractivity (Wildman–Crippen MR) is 45.5 cm³/mol. The fourth-order valence-electron chi connectivity index (χ4n) is 0.650. The van der Waals surface area contributed by atoms with Gasteiger partial charge in [-0.15, -0.1) is 0 Å². The van der Waals surface area contributed by atoms with E-state index in [-0.39, 0.29) is 18.9 Å². The van der Waals surface area contributed by atoms with E-state index in [9.17, 15) is 0 Å². The molecule has 0 atom stereocenters. The Hall–Kier alpha value is -0.583. The minimum atomic E-state index is 0. The van der Waals surface area contributed by atoms with E-state index in [1.807, 2.05) is 6.07 Å². The van der Waals surface area contributed by atoms with Crippen molar-refractivity contribution in [2.24, 2.45) is 0 Å². The quantitative estimate of drug-likeness (QED) is 0.574. The number of ether oxygens (including phenoxy) is 2. The first-order valence-electron chi connectivity index (χ1n) is 2.96. The Labute approximate surface area is 78.7 Å². The van der Waals surface area contributed by atoms with Crippen LogP contribution in [0.5, 0.6) is 11.5 Å². The van der Waals surface area contributed by atoms with E-state index in [0.29, 0.717) is 0 Å². The summed E-state index contributed by atoms with van der Waals surface area (Å²) in [4.78, 5) is 0. The van der Waals surface area contributed by atoms with Gasteiger partial charge in [-0.05, 0) is 18.2 Å². The Kier molecular flexibility index (Phi) is 4.85. The number of hydrogen-bond donors (Lipinski definition) is 0. The van der Waals surface area contributed by atoms with Crippen LogP contribution in [0.1, 0.15) is 0 Å². The van der Waals surface area contributed by atoms with E-state index in [1.54, 1.807) is 26.4 Å². The van der Waals surface area contributed by atoms with Gasteiger partial charge in [-0.3, -0.25) is 0 Å². The molecule has 0 aliphatic rings. The van der Waals surface area contributed by atoms with Crippen molar-refractivity contribution >= 4 is 18.9 Å². The van der Waals surface area contributed by atoms with Crippen LogP contribution in [0.15, 0.2) is 18.2 Å². The molecule has 0 spiro atoms. The summed E-state index contributed by atoms with van der Waals surface area (Å²) < 4.78 is 9.83. The standard InChI is InChI=1S/C8H9O2.Li.H/c1-9-7-3-5-8(10-2)6-4-7;;/h3-5H,1-2H3;;. The van der Waals surface area contributed by atoms with Crippen LogP contribution in [0, 0.1) is 6.07 Å². The van der Waals surface area contributed by atoms with E-state index < -0.39 is 0 Å². The molecule has 0 unspecified atom stereocenters. The molecule has 0 heterocycles. The van der Waals surface area contributed by atoms with Crippen LogP contribution < -0.4 is 9.47 Å². The minimum absolute atomic E-state index is 0. The number of hydrogen-bond acceptors (Lipinski definition) is 2. The van der Waals surface area contributed by atoms with Gasteiger partial charge in [0.1, 0.15) is 11.5 Å². The van der Waals surface area contributed by atoms with Gasteiger partial charge in [-0.25, -0.2) is 0 Å². The molecule has 0 aliphatic carbocycles. The predicted octanol–water partition coefficient (Wildman–Crippen LogP) is 0.855. The van der Waals surface area contributed by atoms with Crippen molar-refractivity contribution in [3.8, 4) is 11.5 Å². The Morgan fingerprint density at radius 3 is 2.27 bits per heavy atom. The zero-order chi connectivity index (χ0) is 7.40. The molecule has 3 heteroatoms. The SMILES string of the molecule is COc1[c]cc(OC)cc1.[LiH].